The number of nitrogens with one attached hydrogen (secondary N) is 2. The van der Waals surface area contributed by atoms with Crippen molar-refractivity contribution in [1.82, 2.24) is 20.3 Å². The molecule has 0 aliphatic heterocycles. The highest BCUT2D eigenvalue weighted by Gasteiger charge is 2.15. The van der Waals surface area contributed by atoms with Crippen LogP contribution in [0.3, 0.4) is 0 Å². The number of imidazole rings is 1. The predicted molar refractivity (Wildman–Crippen MR) is 132 cm³/mol. The molecular formula is C27H24N4O3. The summed E-state index contributed by atoms with van der Waals surface area (Å²) in [5.74, 6) is 1.92. The van der Waals surface area contributed by atoms with Gasteiger partial charge in [-0.1, -0.05) is 30.3 Å². The number of para-hydroxylation sites is 3. The van der Waals surface area contributed by atoms with E-state index in [2.05, 4.69) is 15.3 Å². The zero-order valence-electron chi connectivity index (χ0n) is 19.0. The van der Waals surface area contributed by atoms with E-state index >= 15 is 0 Å². The van der Waals surface area contributed by atoms with Crippen LogP contribution in [0.25, 0.3) is 33.2 Å². The number of ether oxygens (including phenoxy) is 2. The molecule has 0 aliphatic rings. The van der Waals surface area contributed by atoms with Gasteiger partial charge < -0.3 is 19.8 Å². The van der Waals surface area contributed by atoms with Crippen LogP contribution < -0.4 is 14.8 Å². The first kappa shape index (κ1) is 21.5. The number of hydrogen-bond donors (Lipinski definition) is 2. The van der Waals surface area contributed by atoms with Crippen LogP contribution in [0.1, 0.15) is 16.2 Å². The molecule has 0 radical (unpaired) electrons. The highest BCUT2D eigenvalue weighted by atomic mass is 16.5. The Bertz CT molecular complexity index is 1460. The van der Waals surface area contributed by atoms with Gasteiger partial charge in [-0.2, -0.15) is 0 Å². The van der Waals surface area contributed by atoms with Gasteiger partial charge in [0.05, 0.1) is 42.0 Å². The minimum absolute atomic E-state index is 0.156. The number of aromatic nitrogens is 3. The van der Waals surface area contributed by atoms with Gasteiger partial charge in [0.25, 0.3) is 5.91 Å². The molecule has 2 aromatic heterocycles. The van der Waals surface area contributed by atoms with Crippen LogP contribution in [0.2, 0.25) is 0 Å². The average Bonchev–Trinajstić information content (AvgIpc) is 3.30. The maximum Gasteiger partial charge on any atom is 0.252 e. The molecular weight excluding hydrogens is 428 g/mol. The fourth-order valence-electron chi connectivity index (χ4n) is 4.02. The highest BCUT2D eigenvalue weighted by Crippen LogP contribution is 2.33. The second kappa shape index (κ2) is 9.23. The SMILES string of the molecule is COc1ccc(-c2cc(C(=O)NCCc3nc4ccccc4[nH]3)c3ccccc3n2)cc1OC. The van der Waals surface area contributed by atoms with Crippen molar-refractivity contribution in [3.8, 4) is 22.8 Å². The van der Waals surface area contributed by atoms with E-state index in [1.54, 1.807) is 14.2 Å². The Kier molecular flexibility index (Phi) is 5.82. The van der Waals surface area contributed by atoms with Gasteiger partial charge in [-0.3, -0.25) is 4.79 Å². The van der Waals surface area contributed by atoms with Crippen LogP contribution >= 0.6 is 0 Å². The summed E-state index contributed by atoms with van der Waals surface area (Å²) in [5.41, 5.74) is 4.74. The molecule has 0 fully saturated rings. The van der Waals surface area contributed by atoms with E-state index in [1.807, 2.05) is 72.8 Å². The van der Waals surface area contributed by atoms with E-state index in [4.69, 9.17) is 14.5 Å². The largest absolute Gasteiger partial charge is 0.493 e. The predicted octanol–water partition coefficient (Wildman–Crippen LogP) is 4.77. The second-order valence-corrected chi connectivity index (χ2v) is 7.85. The maximum atomic E-state index is 13.2. The third-order valence-corrected chi connectivity index (χ3v) is 5.73. The molecule has 0 saturated carbocycles. The number of hydrogen-bond acceptors (Lipinski definition) is 5. The van der Waals surface area contributed by atoms with Gasteiger partial charge in [0.15, 0.2) is 11.5 Å². The molecule has 34 heavy (non-hydrogen) atoms. The zero-order chi connectivity index (χ0) is 23.5. The first-order valence-corrected chi connectivity index (χ1v) is 11.0. The Morgan fingerprint density at radius 2 is 1.65 bits per heavy atom. The van der Waals surface area contributed by atoms with Gasteiger partial charge in [0.2, 0.25) is 0 Å². The van der Waals surface area contributed by atoms with Crippen molar-refractivity contribution >= 4 is 27.8 Å². The fraction of sp³-hybridized carbons (Fsp3) is 0.148. The summed E-state index contributed by atoms with van der Waals surface area (Å²) in [4.78, 5) is 25.9. The van der Waals surface area contributed by atoms with Gasteiger partial charge >= 0.3 is 0 Å². The van der Waals surface area contributed by atoms with Crippen LogP contribution in [-0.4, -0.2) is 41.6 Å². The summed E-state index contributed by atoms with van der Waals surface area (Å²) in [6.07, 6.45) is 0.603. The van der Waals surface area contributed by atoms with Gasteiger partial charge in [-0.05, 0) is 42.5 Å². The van der Waals surface area contributed by atoms with Gasteiger partial charge in [0, 0.05) is 23.9 Å². The molecule has 2 N–H and O–H groups in total. The molecule has 5 aromatic rings. The smallest absolute Gasteiger partial charge is 0.252 e. The normalized spacial score (nSPS) is 11.0. The van der Waals surface area contributed by atoms with Crippen molar-refractivity contribution in [3.05, 3.63) is 84.2 Å². The van der Waals surface area contributed by atoms with Crippen LogP contribution in [0.4, 0.5) is 0 Å². The lowest BCUT2D eigenvalue weighted by molar-refractivity contribution is 0.0955. The standard InChI is InChI=1S/C27H24N4O3/c1-33-24-12-11-17(15-25(24)34-2)23-16-19(18-7-3-4-8-20(18)29-23)27(32)28-14-13-26-30-21-9-5-6-10-22(21)31-26/h3-12,15-16H,13-14H2,1-2H3,(H,28,32)(H,30,31). The van der Waals surface area contributed by atoms with E-state index in [1.165, 1.54) is 0 Å². The topological polar surface area (TPSA) is 89.1 Å². The molecule has 0 aliphatic carbocycles. The van der Waals surface area contributed by atoms with E-state index in [0.29, 0.717) is 35.7 Å². The number of amides is 1. The number of pyridine rings is 1. The van der Waals surface area contributed by atoms with E-state index in [9.17, 15) is 4.79 Å². The summed E-state index contributed by atoms with van der Waals surface area (Å²) in [6, 6.07) is 22.9. The Hall–Kier alpha value is -4.39. The number of carbonyl (C=O) groups excluding carboxylic acids is 1. The summed E-state index contributed by atoms with van der Waals surface area (Å²) in [6.45, 7) is 0.459. The molecule has 0 saturated heterocycles. The third kappa shape index (κ3) is 4.15. The van der Waals surface area contributed by atoms with E-state index in [0.717, 1.165) is 33.3 Å². The Morgan fingerprint density at radius 3 is 2.44 bits per heavy atom. The lowest BCUT2D eigenvalue weighted by Gasteiger charge is -2.12. The van der Waals surface area contributed by atoms with Crippen LogP contribution in [0.15, 0.2) is 72.8 Å². The third-order valence-electron chi connectivity index (χ3n) is 5.73. The van der Waals surface area contributed by atoms with Crippen molar-refractivity contribution in [2.45, 2.75) is 6.42 Å². The number of aromatic amines is 1. The lowest BCUT2D eigenvalue weighted by Crippen LogP contribution is -2.26. The molecule has 3 aromatic carbocycles. The maximum absolute atomic E-state index is 13.2. The Balaban J connectivity index is 1.42. The number of H-pyrrole nitrogens is 1. The molecule has 0 atom stereocenters. The summed E-state index contributed by atoms with van der Waals surface area (Å²) < 4.78 is 10.8. The van der Waals surface area contributed by atoms with Crippen LogP contribution in [-0.2, 0) is 6.42 Å². The minimum atomic E-state index is -0.156. The van der Waals surface area contributed by atoms with Gasteiger partial charge in [-0.15, -0.1) is 0 Å². The molecule has 0 bridgehead atoms. The van der Waals surface area contributed by atoms with Crippen molar-refractivity contribution in [2.24, 2.45) is 0 Å². The average molecular weight is 453 g/mol. The molecule has 5 rings (SSSR count). The summed E-state index contributed by atoms with van der Waals surface area (Å²) in [7, 11) is 3.19. The van der Waals surface area contributed by atoms with Crippen molar-refractivity contribution in [2.75, 3.05) is 20.8 Å². The molecule has 170 valence electrons. The number of rotatable bonds is 7. The quantitative estimate of drug-likeness (QED) is 0.371. The Labute approximate surface area is 196 Å². The van der Waals surface area contributed by atoms with Gasteiger partial charge in [0.1, 0.15) is 5.82 Å². The van der Waals surface area contributed by atoms with Crippen molar-refractivity contribution < 1.29 is 14.3 Å². The van der Waals surface area contributed by atoms with Gasteiger partial charge in [-0.25, -0.2) is 9.97 Å². The number of benzene rings is 3. The zero-order valence-corrected chi connectivity index (χ0v) is 19.0. The second-order valence-electron chi connectivity index (χ2n) is 7.85. The Morgan fingerprint density at radius 1 is 0.882 bits per heavy atom. The van der Waals surface area contributed by atoms with Crippen LogP contribution in [0.5, 0.6) is 11.5 Å². The molecule has 2 heterocycles. The highest BCUT2D eigenvalue weighted by molar-refractivity contribution is 6.07. The monoisotopic (exact) mass is 452 g/mol. The summed E-state index contributed by atoms with van der Waals surface area (Å²) in [5, 5.41) is 3.83. The molecule has 7 nitrogen and oxygen atoms in total. The molecule has 0 unspecified atom stereocenters. The molecule has 1 amide bonds. The van der Waals surface area contributed by atoms with Crippen molar-refractivity contribution in [3.63, 3.8) is 0 Å². The van der Waals surface area contributed by atoms with Crippen LogP contribution in [0, 0.1) is 0 Å². The number of carbonyl (C=O) groups is 1. The summed E-state index contributed by atoms with van der Waals surface area (Å²) >= 11 is 0. The fourth-order valence-corrected chi connectivity index (χ4v) is 4.02. The first-order chi connectivity index (χ1) is 16.7. The lowest BCUT2D eigenvalue weighted by atomic mass is 10.0. The minimum Gasteiger partial charge on any atom is -0.493 e. The number of nitrogens with zero attached hydrogens (tertiary/aromatic N) is 2. The number of fused-ring (bicyclic) bond motifs is 2. The first-order valence-electron chi connectivity index (χ1n) is 11.0. The number of methoxy groups -OCH3 is 2. The van der Waals surface area contributed by atoms with E-state index < -0.39 is 0 Å². The van der Waals surface area contributed by atoms with E-state index in [-0.39, 0.29) is 5.91 Å². The molecule has 7 heteroatoms. The molecule has 0 spiro atoms. The van der Waals surface area contributed by atoms with Crippen molar-refractivity contribution in [1.29, 1.82) is 0 Å².